The standard InChI is InChI=1S/C17H25FN4O3/c18-15-17(25)22(10-9-20-15)11-14(23)13(7-3-4-8-19)21-16(24)12-5-1-2-6-12/h9-10,12-13H,1-8,11,19H2,(H,21,24)/t13-/m0/s1. The van der Waals surface area contributed by atoms with Crippen LogP contribution in [0.25, 0.3) is 0 Å². The number of carbonyl (C=O) groups excluding carboxylic acids is 2. The molecule has 1 saturated carbocycles. The first-order chi connectivity index (χ1) is 12.0. The van der Waals surface area contributed by atoms with Crippen molar-refractivity contribution in [1.82, 2.24) is 14.9 Å². The third-order valence-corrected chi connectivity index (χ3v) is 4.58. The van der Waals surface area contributed by atoms with Crippen LogP contribution in [0, 0.1) is 11.9 Å². The molecule has 0 radical (unpaired) electrons. The average Bonchev–Trinajstić information content (AvgIpc) is 3.13. The Kier molecular flexibility index (Phi) is 7.24. The molecule has 0 saturated heterocycles. The molecule has 0 spiro atoms. The first-order valence-corrected chi connectivity index (χ1v) is 8.77. The van der Waals surface area contributed by atoms with Crippen LogP contribution in [0.15, 0.2) is 17.2 Å². The summed E-state index contributed by atoms with van der Waals surface area (Å²) < 4.78 is 14.2. The third-order valence-electron chi connectivity index (χ3n) is 4.58. The van der Waals surface area contributed by atoms with Crippen molar-refractivity contribution in [2.24, 2.45) is 11.7 Å². The molecular formula is C17H25FN4O3. The molecule has 3 N–H and O–H groups in total. The number of Topliss-reactive ketones (excluding diaryl/α,β-unsaturated/α-hetero) is 1. The number of halogens is 1. The Morgan fingerprint density at radius 1 is 1.36 bits per heavy atom. The number of amides is 1. The SMILES string of the molecule is NCCCC[C@H](NC(=O)C1CCCC1)C(=O)Cn1ccnc(F)c1=O. The lowest BCUT2D eigenvalue weighted by Gasteiger charge is -2.20. The van der Waals surface area contributed by atoms with Crippen LogP contribution in [0.2, 0.25) is 0 Å². The van der Waals surface area contributed by atoms with Crippen LogP contribution in [0.1, 0.15) is 44.9 Å². The zero-order valence-corrected chi connectivity index (χ0v) is 14.2. The highest BCUT2D eigenvalue weighted by atomic mass is 19.1. The van der Waals surface area contributed by atoms with Gasteiger partial charge >= 0.3 is 5.56 Å². The van der Waals surface area contributed by atoms with E-state index < -0.39 is 17.5 Å². The van der Waals surface area contributed by atoms with Crippen molar-refractivity contribution in [2.45, 2.75) is 57.5 Å². The van der Waals surface area contributed by atoms with E-state index in [-0.39, 0.29) is 24.2 Å². The summed E-state index contributed by atoms with van der Waals surface area (Å²) in [6.45, 7) is 0.211. The van der Waals surface area contributed by atoms with Crippen LogP contribution in [0.4, 0.5) is 4.39 Å². The van der Waals surface area contributed by atoms with E-state index in [0.29, 0.717) is 19.4 Å². The Labute approximate surface area is 145 Å². The summed E-state index contributed by atoms with van der Waals surface area (Å²) in [5.41, 5.74) is 4.54. The fourth-order valence-corrected chi connectivity index (χ4v) is 3.11. The maximum absolute atomic E-state index is 13.3. The molecule has 1 aromatic heterocycles. The second-order valence-electron chi connectivity index (χ2n) is 6.44. The molecule has 0 aliphatic heterocycles. The minimum atomic E-state index is -1.15. The second kappa shape index (κ2) is 9.41. The molecule has 1 heterocycles. The maximum Gasteiger partial charge on any atom is 0.306 e. The fraction of sp³-hybridized carbons (Fsp3) is 0.647. The molecule has 2 rings (SSSR count). The monoisotopic (exact) mass is 352 g/mol. The van der Waals surface area contributed by atoms with Gasteiger partial charge in [0.1, 0.15) is 0 Å². The molecule has 1 atom stereocenters. The Morgan fingerprint density at radius 3 is 2.76 bits per heavy atom. The van der Waals surface area contributed by atoms with Crippen molar-refractivity contribution < 1.29 is 14.0 Å². The number of rotatable bonds is 9. The molecule has 0 bridgehead atoms. The number of aromatic nitrogens is 2. The van der Waals surface area contributed by atoms with Gasteiger partial charge in [0.25, 0.3) is 5.95 Å². The van der Waals surface area contributed by atoms with Crippen molar-refractivity contribution >= 4 is 11.7 Å². The van der Waals surface area contributed by atoms with Crippen molar-refractivity contribution in [2.75, 3.05) is 6.54 Å². The summed E-state index contributed by atoms with van der Waals surface area (Å²) in [7, 11) is 0. The first-order valence-electron chi connectivity index (χ1n) is 8.77. The van der Waals surface area contributed by atoms with Gasteiger partial charge in [0, 0.05) is 18.3 Å². The van der Waals surface area contributed by atoms with Gasteiger partial charge in [-0.3, -0.25) is 14.4 Å². The van der Waals surface area contributed by atoms with Gasteiger partial charge in [0.2, 0.25) is 5.91 Å². The number of nitrogens with two attached hydrogens (primary N) is 1. The van der Waals surface area contributed by atoms with Crippen molar-refractivity contribution in [1.29, 1.82) is 0 Å². The van der Waals surface area contributed by atoms with Gasteiger partial charge in [0.15, 0.2) is 5.78 Å². The Hall–Kier alpha value is -2.09. The number of hydrogen-bond donors (Lipinski definition) is 2. The van der Waals surface area contributed by atoms with E-state index in [1.807, 2.05) is 0 Å². The predicted octanol–water partition coefficient (Wildman–Crippen LogP) is 0.755. The Bertz CT molecular complexity index is 656. The minimum Gasteiger partial charge on any atom is -0.346 e. The smallest absolute Gasteiger partial charge is 0.306 e. The number of ketones is 1. The van der Waals surface area contributed by atoms with Crippen LogP contribution >= 0.6 is 0 Å². The van der Waals surface area contributed by atoms with Crippen molar-refractivity contribution in [3.8, 4) is 0 Å². The van der Waals surface area contributed by atoms with E-state index in [9.17, 15) is 18.8 Å². The zero-order valence-electron chi connectivity index (χ0n) is 14.2. The molecule has 1 aliphatic rings. The lowest BCUT2D eigenvalue weighted by molar-refractivity contribution is -0.130. The van der Waals surface area contributed by atoms with E-state index in [0.717, 1.165) is 42.9 Å². The van der Waals surface area contributed by atoms with Crippen LogP contribution in [0.3, 0.4) is 0 Å². The highest BCUT2D eigenvalue weighted by molar-refractivity contribution is 5.89. The van der Waals surface area contributed by atoms with Crippen LogP contribution in [0.5, 0.6) is 0 Å². The largest absolute Gasteiger partial charge is 0.346 e. The molecule has 1 aliphatic carbocycles. The van der Waals surface area contributed by atoms with E-state index in [2.05, 4.69) is 10.3 Å². The number of unbranched alkanes of at least 4 members (excludes halogenated alkanes) is 1. The predicted molar refractivity (Wildman–Crippen MR) is 90.3 cm³/mol. The van der Waals surface area contributed by atoms with Crippen molar-refractivity contribution in [3.63, 3.8) is 0 Å². The molecule has 138 valence electrons. The molecule has 7 nitrogen and oxygen atoms in total. The van der Waals surface area contributed by atoms with Crippen LogP contribution in [-0.2, 0) is 16.1 Å². The quantitative estimate of drug-likeness (QED) is 0.638. The summed E-state index contributed by atoms with van der Waals surface area (Å²) >= 11 is 0. The van der Waals surface area contributed by atoms with Gasteiger partial charge < -0.3 is 15.6 Å². The summed E-state index contributed by atoms with van der Waals surface area (Å²) in [4.78, 5) is 39.9. The van der Waals surface area contributed by atoms with Gasteiger partial charge in [-0.1, -0.05) is 12.8 Å². The van der Waals surface area contributed by atoms with E-state index in [4.69, 9.17) is 5.73 Å². The lowest BCUT2D eigenvalue weighted by Crippen LogP contribution is -2.45. The maximum atomic E-state index is 13.3. The molecular weight excluding hydrogens is 327 g/mol. The number of nitrogens with zero attached hydrogens (tertiary/aromatic N) is 2. The Balaban J connectivity index is 2.04. The van der Waals surface area contributed by atoms with Crippen molar-refractivity contribution in [3.05, 3.63) is 28.7 Å². The highest BCUT2D eigenvalue weighted by Crippen LogP contribution is 2.25. The fourth-order valence-electron chi connectivity index (χ4n) is 3.11. The number of hydrogen-bond acceptors (Lipinski definition) is 5. The summed E-state index contributed by atoms with van der Waals surface area (Å²) in [6.07, 6.45) is 8.00. The number of carbonyl (C=O) groups is 2. The second-order valence-corrected chi connectivity index (χ2v) is 6.44. The first kappa shape index (κ1) is 19.2. The lowest BCUT2D eigenvalue weighted by atomic mass is 10.0. The molecule has 1 aromatic rings. The van der Waals surface area contributed by atoms with E-state index in [1.165, 1.54) is 6.20 Å². The molecule has 1 amide bonds. The van der Waals surface area contributed by atoms with Crippen LogP contribution in [-0.4, -0.2) is 33.8 Å². The normalized spacial score (nSPS) is 15.9. The number of nitrogens with one attached hydrogen (secondary N) is 1. The van der Waals surface area contributed by atoms with Gasteiger partial charge in [-0.2, -0.15) is 4.39 Å². The van der Waals surface area contributed by atoms with E-state index >= 15 is 0 Å². The van der Waals surface area contributed by atoms with Gasteiger partial charge in [-0.05, 0) is 38.6 Å². The summed E-state index contributed by atoms with van der Waals surface area (Å²) in [5, 5.41) is 2.82. The van der Waals surface area contributed by atoms with Gasteiger partial charge in [-0.25, -0.2) is 4.98 Å². The zero-order chi connectivity index (χ0) is 18.2. The molecule has 0 unspecified atom stereocenters. The third kappa shape index (κ3) is 5.45. The van der Waals surface area contributed by atoms with Gasteiger partial charge in [0.05, 0.1) is 12.6 Å². The molecule has 8 heteroatoms. The molecule has 25 heavy (non-hydrogen) atoms. The molecule has 0 aromatic carbocycles. The van der Waals surface area contributed by atoms with E-state index in [1.54, 1.807) is 0 Å². The topological polar surface area (TPSA) is 107 Å². The average molecular weight is 352 g/mol. The Morgan fingerprint density at radius 2 is 2.08 bits per heavy atom. The van der Waals surface area contributed by atoms with Gasteiger partial charge in [-0.15, -0.1) is 0 Å². The minimum absolute atomic E-state index is 0.0501. The highest BCUT2D eigenvalue weighted by Gasteiger charge is 2.27. The summed E-state index contributed by atoms with van der Waals surface area (Å²) in [5.74, 6) is -1.64. The summed E-state index contributed by atoms with van der Waals surface area (Å²) in [6, 6.07) is -0.692. The van der Waals surface area contributed by atoms with Crippen LogP contribution < -0.4 is 16.6 Å². The molecule has 1 fully saturated rings.